The molecule has 6 nitrogen and oxygen atoms in total. The van der Waals surface area contributed by atoms with Crippen LogP contribution in [0.3, 0.4) is 0 Å². The Kier molecular flexibility index (Phi) is 6.74. The first-order chi connectivity index (χ1) is 10.6. The number of nitrogens with zero attached hydrogens (tertiary/aromatic N) is 3. The van der Waals surface area contributed by atoms with Gasteiger partial charge in [-0.2, -0.15) is 0 Å². The number of carbonyl (C=O) groups excluding carboxylic acids is 1. The number of nitrogens with one attached hydrogen (secondary N) is 1. The van der Waals surface area contributed by atoms with Crippen molar-refractivity contribution in [1.82, 2.24) is 19.7 Å². The quantitative estimate of drug-likeness (QED) is 0.786. The molecule has 1 fully saturated rings. The number of urea groups is 1. The second kappa shape index (κ2) is 8.80. The first kappa shape index (κ1) is 16.8. The van der Waals surface area contributed by atoms with Gasteiger partial charge < -0.3 is 24.4 Å². The second-order valence-corrected chi connectivity index (χ2v) is 6.04. The molecule has 2 heterocycles. The van der Waals surface area contributed by atoms with E-state index < -0.39 is 0 Å². The molecule has 1 aromatic heterocycles. The van der Waals surface area contributed by atoms with Crippen LogP contribution in [0, 0.1) is 0 Å². The maximum atomic E-state index is 12.4. The van der Waals surface area contributed by atoms with Gasteiger partial charge in [0.05, 0.1) is 6.10 Å². The van der Waals surface area contributed by atoms with Crippen LogP contribution in [0.4, 0.5) is 4.79 Å². The van der Waals surface area contributed by atoms with Crippen LogP contribution in [-0.2, 0) is 11.3 Å². The molecule has 1 saturated heterocycles. The maximum absolute atomic E-state index is 12.4. The summed E-state index contributed by atoms with van der Waals surface area (Å²) in [5, 5.41) is 3.01. The predicted octanol–water partition coefficient (Wildman–Crippen LogP) is 1.24. The molecule has 6 heteroatoms. The van der Waals surface area contributed by atoms with E-state index in [1.165, 1.54) is 0 Å². The van der Waals surface area contributed by atoms with Crippen molar-refractivity contribution in [3.8, 4) is 0 Å². The van der Waals surface area contributed by atoms with Gasteiger partial charge in [-0.3, -0.25) is 0 Å². The van der Waals surface area contributed by atoms with Crippen molar-refractivity contribution in [2.24, 2.45) is 0 Å². The largest absolute Gasteiger partial charge is 0.376 e. The van der Waals surface area contributed by atoms with Gasteiger partial charge in [-0.15, -0.1) is 0 Å². The average Bonchev–Trinajstić information content (AvgIpc) is 3.16. The Bertz CT molecular complexity index is 427. The maximum Gasteiger partial charge on any atom is 0.317 e. The van der Waals surface area contributed by atoms with E-state index in [1.54, 1.807) is 0 Å². The molecule has 0 bridgehead atoms. The van der Waals surface area contributed by atoms with E-state index >= 15 is 0 Å². The van der Waals surface area contributed by atoms with E-state index in [9.17, 15) is 4.79 Å². The van der Waals surface area contributed by atoms with Crippen LogP contribution in [0.2, 0.25) is 0 Å². The highest BCUT2D eigenvalue weighted by molar-refractivity contribution is 5.74. The van der Waals surface area contributed by atoms with Gasteiger partial charge in [0.15, 0.2) is 0 Å². The third kappa shape index (κ3) is 5.69. The Balaban J connectivity index is 1.78. The van der Waals surface area contributed by atoms with Crippen LogP contribution in [0.25, 0.3) is 0 Å². The van der Waals surface area contributed by atoms with E-state index in [0.29, 0.717) is 13.1 Å². The fourth-order valence-electron chi connectivity index (χ4n) is 2.55. The lowest BCUT2D eigenvalue weighted by atomic mass is 10.2. The van der Waals surface area contributed by atoms with E-state index in [1.807, 2.05) is 43.5 Å². The molecular weight excluding hydrogens is 280 g/mol. The Morgan fingerprint density at radius 3 is 2.73 bits per heavy atom. The first-order valence-electron chi connectivity index (χ1n) is 8.05. The topological polar surface area (TPSA) is 49.7 Å². The molecule has 1 atom stereocenters. The predicted molar refractivity (Wildman–Crippen MR) is 86.9 cm³/mol. The fraction of sp³-hybridized carbons (Fsp3) is 0.688. The summed E-state index contributed by atoms with van der Waals surface area (Å²) in [6.45, 7) is 4.52. The summed E-state index contributed by atoms with van der Waals surface area (Å²) in [4.78, 5) is 16.4. The van der Waals surface area contributed by atoms with E-state index in [0.717, 1.165) is 39.1 Å². The number of hydrogen-bond donors (Lipinski definition) is 1. The summed E-state index contributed by atoms with van der Waals surface area (Å²) in [5.74, 6) is 0. The van der Waals surface area contributed by atoms with Gasteiger partial charge in [0.2, 0.25) is 0 Å². The van der Waals surface area contributed by atoms with Gasteiger partial charge in [-0.25, -0.2) is 4.79 Å². The number of rotatable bonds is 8. The summed E-state index contributed by atoms with van der Waals surface area (Å²) in [6.07, 6.45) is 6.35. The lowest BCUT2D eigenvalue weighted by molar-refractivity contribution is 0.0796. The van der Waals surface area contributed by atoms with Gasteiger partial charge in [0.1, 0.15) is 0 Å². The van der Waals surface area contributed by atoms with E-state index in [-0.39, 0.29) is 12.1 Å². The molecule has 1 unspecified atom stereocenters. The molecule has 22 heavy (non-hydrogen) atoms. The van der Waals surface area contributed by atoms with E-state index in [4.69, 9.17) is 4.74 Å². The summed E-state index contributed by atoms with van der Waals surface area (Å²) in [5.41, 5.74) is 0. The van der Waals surface area contributed by atoms with Crippen molar-refractivity contribution in [1.29, 1.82) is 0 Å². The molecule has 2 rings (SSSR count). The van der Waals surface area contributed by atoms with E-state index in [2.05, 4.69) is 14.8 Å². The summed E-state index contributed by atoms with van der Waals surface area (Å²) in [6, 6.07) is 3.98. The minimum atomic E-state index is 0.00417. The molecule has 0 spiro atoms. The van der Waals surface area contributed by atoms with Crippen molar-refractivity contribution in [2.45, 2.75) is 25.5 Å². The molecule has 2 amide bonds. The Morgan fingerprint density at radius 1 is 1.32 bits per heavy atom. The van der Waals surface area contributed by atoms with Crippen molar-refractivity contribution in [2.75, 3.05) is 46.9 Å². The molecule has 0 saturated carbocycles. The molecule has 0 radical (unpaired) electrons. The van der Waals surface area contributed by atoms with Gasteiger partial charge in [0, 0.05) is 51.7 Å². The molecule has 1 aliphatic rings. The van der Waals surface area contributed by atoms with Crippen molar-refractivity contribution in [3.63, 3.8) is 0 Å². The summed E-state index contributed by atoms with van der Waals surface area (Å²) in [7, 11) is 4.04. The normalized spacial score (nSPS) is 17.9. The number of likely N-dealkylation sites (N-methyl/N-ethyl adjacent to an activating group) is 1. The number of amides is 2. The minimum absolute atomic E-state index is 0.00417. The standard InChI is InChI=1S/C16H28N4O2/c1-18(2)11-12-20(14-15-6-5-13-22-15)16(21)17-7-10-19-8-3-4-9-19/h3-4,8-9,15H,5-7,10-14H2,1-2H3,(H,17,21). The van der Waals surface area contributed by atoms with Gasteiger partial charge in [-0.1, -0.05) is 0 Å². The Hall–Kier alpha value is -1.53. The van der Waals surface area contributed by atoms with Crippen LogP contribution >= 0.6 is 0 Å². The third-order valence-corrected chi connectivity index (χ3v) is 3.86. The van der Waals surface area contributed by atoms with Crippen molar-refractivity contribution in [3.05, 3.63) is 24.5 Å². The SMILES string of the molecule is CN(C)CCN(CC1CCCO1)C(=O)NCCn1cccc1. The van der Waals surface area contributed by atoms with Crippen LogP contribution in [0.5, 0.6) is 0 Å². The zero-order valence-electron chi connectivity index (χ0n) is 13.7. The Labute approximate surface area is 133 Å². The zero-order chi connectivity index (χ0) is 15.8. The average molecular weight is 308 g/mol. The first-order valence-corrected chi connectivity index (χ1v) is 8.05. The zero-order valence-corrected chi connectivity index (χ0v) is 13.7. The minimum Gasteiger partial charge on any atom is -0.376 e. The second-order valence-electron chi connectivity index (χ2n) is 6.04. The molecule has 124 valence electrons. The monoisotopic (exact) mass is 308 g/mol. The highest BCUT2D eigenvalue weighted by Gasteiger charge is 2.22. The lowest BCUT2D eigenvalue weighted by Gasteiger charge is -2.27. The van der Waals surface area contributed by atoms with Crippen LogP contribution in [-0.4, -0.2) is 73.4 Å². The smallest absolute Gasteiger partial charge is 0.317 e. The Morgan fingerprint density at radius 2 is 2.09 bits per heavy atom. The highest BCUT2D eigenvalue weighted by atomic mass is 16.5. The number of hydrogen-bond acceptors (Lipinski definition) is 3. The molecule has 0 aromatic carbocycles. The number of carbonyl (C=O) groups is 1. The summed E-state index contributed by atoms with van der Waals surface area (Å²) < 4.78 is 7.72. The van der Waals surface area contributed by atoms with Gasteiger partial charge in [0.25, 0.3) is 0 Å². The lowest BCUT2D eigenvalue weighted by Crippen LogP contribution is -2.47. The highest BCUT2D eigenvalue weighted by Crippen LogP contribution is 2.13. The summed E-state index contributed by atoms with van der Waals surface area (Å²) >= 11 is 0. The number of aromatic nitrogens is 1. The van der Waals surface area contributed by atoms with Crippen LogP contribution in [0.15, 0.2) is 24.5 Å². The van der Waals surface area contributed by atoms with Crippen LogP contribution in [0.1, 0.15) is 12.8 Å². The van der Waals surface area contributed by atoms with Crippen molar-refractivity contribution >= 4 is 6.03 Å². The van der Waals surface area contributed by atoms with Gasteiger partial charge in [-0.05, 0) is 39.1 Å². The molecule has 1 aromatic rings. The molecule has 1 N–H and O–H groups in total. The molecule has 0 aliphatic carbocycles. The number of ether oxygens (including phenoxy) is 1. The van der Waals surface area contributed by atoms with Gasteiger partial charge >= 0.3 is 6.03 Å². The molecule has 1 aliphatic heterocycles. The third-order valence-electron chi connectivity index (χ3n) is 3.86. The fourth-order valence-corrected chi connectivity index (χ4v) is 2.55. The van der Waals surface area contributed by atoms with Crippen molar-refractivity contribution < 1.29 is 9.53 Å². The molecular formula is C16H28N4O2. The van der Waals surface area contributed by atoms with Crippen LogP contribution < -0.4 is 5.32 Å².